The summed E-state index contributed by atoms with van der Waals surface area (Å²) in [5.74, 6) is 0.0915. The molecule has 160 valence electrons. The van der Waals surface area contributed by atoms with Crippen LogP contribution in [0.25, 0.3) is 0 Å². The Morgan fingerprint density at radius 3 is 2.59 bits per heavy atom. The maximum Gasteiger partial charge on any atom is 0.294 e. The quantitative estimate of drug-likeness (QED) is 0.0736. The zero-order valence-electron chi connectivity index (χ0n) is 14.9. The summed E-state index contributed by atoms with van der Waals surface area (Å²) in [6.45, 7) is 2.28. The number of rotatable bonds is 12. The van der Waals surface area contributed by atoms with Crippen LogP contribution in [0.1, 0.15) is 0 Å². The van der Waals surface area contributed by atoms with Crippen molar-refractivity contribution in [3.8, 4) is 0 Å². The van der Waals surface area contributed by atoms with Crippen molar-refractivity contribution in [2.75, 3.05) is 42.5 Å². The van der Waals surface area contributed by atoms with Gasteiger partial charge in [0.25, 0.3) is 10.1 Å². The highest BCUT2D eigenvalue weighted by Crippen LogP contribution is 2.32. The van der Waals surface area contributed by atoms with Crippen molar-refractivity contribution >= 4 is 45.7 Å². The predicted octanol–water partition coefficient (Wildman–Crippen LogP) is -0.167. The lowest BCUT2D eigenvalue weighted by Gasteiger charge is -2.12. The van der Waals surface area contributed by atoms with Crippen LogP contribution < -0.4 is 27.4 Å². The van der Waals surface area contributed by atoms with Crippen molar-refractivity contribution in [2.24, 2.45) is 5.73 Å². The fraction of sp³-hybridized carbons (Fsp3) is 0.308. The number of nitrogens with zero attached hydrogens (tertiary/aromatic N) is 3. The molecule has 0 aliphatic carbocycles. The van der Waals surface area contributed by atoms with Crippen LogP contribution in [-0.4, -0.2) is 59.4 Å². The molecule has 0 aliphatic heterocycles. The van der Waals surface area contributed by atoms with E-state index in [4.69, 9.17) is 16.7 Å². The normalized spacial score (nSPS) is 11.4. The van der Waals surface area contributed by atoms with Gasteiger partial charge < -0.3 is 27.4 Å². The van der Waals surface area contributed by atoms with E-state index < -0.39 is 10.1 Å². The molecule has 0 saturated carbocycles. The van der Waals surface area contributed by atoms with Crippen LogP contribution in [0.4, 0.5) is 23.5 Å². The second-order valence-corrected chi connectivity index (χ2v) is 7.45. The van der Waals surface area contributed by atoms with Gasteiger partial charge in [0.05, 0.1) is 27.5 Å². The van der Waals surface area contributed by atoms with Gasteiger partial charge >= 0.3 is 0 Å². The van der Waals surface area contributed by atoms with Crippen molar-refractivity contribution in [3.63, 3.8) is 0 Å². The summed E-state index contributed by atoms with van der Waals surface area (Å²) < 4.78 is 36.4. The van der Waals surface area contributed by atoms with E-state index in [0.29, 0.717) is 38.2 Å². The molecule has 0 radical (unpaired) electrons. The topological polar surface area (TPSA) is 220 Å². The second kappa shape index (κ2) is 11.0. The van der Waals surface area contributed by atoms with E-state index in [1.807, 2.05) is 0 Å². The minimum absolute atomic E-state index is 0.00540. The number of hydrogen-bond acceptors (Lipinski definition) is 14. The highest BCUT2D eigenvalue weighted by Gasteiger charge is 2.15. The van der Waals surface area contributed by atoms with Gasteiger partial charge in [0.15, 0.2) is 0 Å². The van der Waals surface area contributed by atoms with E-state index in [-0.39, 0.29) is 33.3 Å². The average Bonchev–Trinajstić information content (AvgIpc) is 2.65. The molecule has 0 bridgehead atoms. The Kier molecular flexibility index (Phi) is 8.73. The van der Waals surface area contributed by atoms with Crippen LogP contribution in [0.5, 0.6) is 0 Å². The van der Waals surface area contributed by atoms with Gasteiger partial charge in [-0.1, -0.05) is 5.04 Å². The maximum atomic E-state index is 11.4. The third-order valence-corrected chi connectivity index (χ3v) is 4.72. The molecular formula is C13H20N8O6S2. The molecule has 14 nitrogen and oxygen atoms in total. The number of nitrogens with two attached hydrogens (primary N) is 2. The molecule has 0 spiro atoms. The van der Waals surface area contributed by atoms with Crippen LogP contribution in [0, 0.1) is 0 Å². The molecule has 1 heterocycles. The van der Waals surface area contributed by atoms with Gasteiger partial charge in [-0.2, -0.15) is 23.4 Å². The largest absolute Gasteiger partial charge is 0.368 e. The van der Waals surface area contributed by atoms with Crippen molar-refractivity contribution in [3.05, 3.63) is 18.2 Å². The number of benzene rings is 1. The molecule has 29 heavy (non-hydrogen) atoms. The summed E-state index contributed by atoms with van der Waals surface area (Å²) in [6.07, 6.45) is 0. The fourth-order valence-corrected chi connectivity index (χ4v) is 2.96. The van der Waals surface area contributed by atoms with Crippen LogP contribution in [0.15, 0.2) is 28.0 Å². The lowest BCUT2D eigenvalue weighted by Crippen LogP contribution is -2.27. The zero-order valence-corrected chi connectivity index (χ0v) is 16.5. The molecule has 0 amide bonds. The van der Waals surface area contributed by atoms with Crippen molar-refractivity contribution in [1.82, 2.24) is 20.3 Å². The molecule has 1 aromatic heterocycles. The first-order chi connectivity index (χ1) is 13.8. The average molecular weight is 448 g/mol. The monoisotopic (exact) mass is 448 g/mol. The summed E-state index contributed by atoms with van der Waals surface area (Å²) >= 11 is 0.568. The predicted molar refractivity (Wildman–Crippen MR) is 105 cm³/mol. The Balaban J connectivity index is 2.22. The third-order valence-electron chi connectivity index (χ3n) is 3.21. The van der Waals surface area contributed by atoms with E-state index in [9.17, 15) is 13.0 Å². The van der Waals surface area contributed by atoms with Crippen molar-refractivity contribution in [2.45, 2.75) is 9.79 Å². The Hall–Kier alpha value is -2.31. The first-order valence-corrected chi connectivity index (χ1v) is 10.2. The summed E-state index contributed by atoms with van der Waals surface area (Å²) in [4.78, 5) is 11.9. The van der Waals surface area contributed by atoms with Crippen LogP contribution >= 0.6 is 12.0 Å². The first kappa shape index (κ1) is 23.0. The summed E-state index contributed by atoms with van der Waals surface area (Å²) in [5.41, 5.74) is 11.2. The van der Waals surface area contributed by atoms with Gasteiger partial charge in [0.2, 0.25) is 17.8 Å². The molecule has 0 unspecified atom stereocenters. The third kappa shape index (κ3) is 7.55. The number of aromatic nitrogens is 3. The number of nitrogen functional groups attached to an aromatic ring is 1. The highest BCUT2D eigenvalue weighted by atomic mass is 32.2. The molecule has 0 atom stereocenters. The molecule has 1 aromatic carbocycles. The Bertz CT molecular complexity index is 916. The molecule has 0 saturated heterocycles. The van der Waals surface area contributed by atoms with Crippen molar-refractivity contribution in [1.29, 1.82) is 0 Å². The van der Waals surface area contributed by atoms with Gasteiger partial charge in [-0.3, -0.25) is 4.55 Å². The first-order valence-electron chi connectivity index (χ1n) is 8.03. The van der Waals surface area contributed by atoms with Crippen LogP contribution in [0.2, 0.25) is 0 Å². The van der Waals surface area contributed by atoms with Gasteiger partial charge in [0, 0.05) is 26.2 Å². The van der Waals surface area contributed by atoms with Gasteiger partial charge in [-0.15, -0.1) is 4.33 Å². The van der Waals surface area contributed by atoms with Gasteiger partial charge in [-0.05, 0) is 18.2 Å². The Morgan fingerprint density at radius 1 is 1.14 bits per heavy atom. The van der Waals surface area contributed by atoms with E-state index in [1.54, 1.807) is 0 Å². The molecule has 0 fully saturated rings. The molecule has 2 aromatic rings. The number of anilines is 4. The van der Waals surface area contributed by atoms with E-state index in [0.717, 1.165) is 12.1 Å². The van der Waals surface area contributed by atoms with E-state index in [1.165, 1.54) is 6.07 Å². The van der Waals surface area contributed by atoms with Crippen LogP contribution in [-0.2, 0) is 19.5 Å². The molecule has 0 aliphatic rings. The lowest BCUT2D eigenvalue weighted by molar-refractivity contribution is -0.432. The second-order valence-electron chi connectivity index (χ2n) is 5.29. The standard InChI is InChI=1S/C13H20N8O6S2/c14-3-4-16-5-6-17-12-19-11(15)20-13(21-12)18-9-7-8(29(23,24)25)1-2-10(9)28-27-26-22/h1-2,7,16,22H,3-6,14H2,(H,23,24,25)(H4,15,17,18,19,20,21). The fourth-order valence-electron chi connectivity index (χ4n) is 2.03. The molecule has 2 rings (SSSR count). The molecular weight excluding hydrogens is 428 g/mol. The number of hydrogen-bond donors (Lipinski definition) is 7. The highest BCUT2D eigenvalue weighted by molar-refractivity contribution is 7.94. The minimum atomic E-state index is -4.47. The minimum Gasteiger partial charge on any atom is -0.368 e. The van der Waals surface area contributed by atoms with Gasteiger partial charge in [0.1, 0.15) is 0 Å². The zero-order chi connectivity index (χ0) is 21.3. The summed E-state index contributed by atoms with van der Waals surface area (Å²) in [5, 5.41) is 20.7. The van der Waals surface area contributed by atoms with Crippen LogP contribution in [0.3, 0.4) is 0 Å². The Morgan fingerprint density at radius 2 is 1.90 bits per heavy atom. The molecule has 9 N–H and O–H groups in total. The summed E-state index contributed by atoms with van der Waals surface area (Å²) in [7, 11) is -4.47. The maximum absolute atomic E-state index is 11.4. The smallest absolute Gasteiger partial charge is 0.294 e. The summed E-state index contributed by atoms with van der Waals surface area (Å²) in [6, 6.07) is 3.55. The SMILES string of the molecule is NCCNCCNc1nc(N)nc(Nc2cc(S(=O)(=O)O)ccc2SOOO)n1. The lowest BCUT2D eigenvalue weighted by atomic mass is 10.3. The van der Waals surface area contributed by atoms with Crippen molar-refractivity contribution < 1.29 is 27.6 Å². The van der Waals surface area contributed by atoms with E-state index >= 15 is 0 Å². The van der Waals surface area contributed by atoms with E-state index in [2.05, 4.69) is 40.3 Å². The Labute approximate surface area is 170 Å². The number of nitrogens with one attached hydrogen (secondary N) is 3. The molecule has 16 heteroatoms. The van der Waals surface area contributed by atoms with Gasteiger partial charge in [-0.25, -0.2) is 5.26 Å².